The summed E-state index contributed by atoms with van der Waals surface area (Å²) in [5.74, 6) is -26.8. The fourth-order valence-corrected chi connectivity index (χ4v) is 19.2. The second-order valence-corrected chi connectivity index (χ2v) is 39.6. The summed E-state index contributed by atoms with van der Waals surface area (Å²) in [7, 11) is 3.29. The molecule has 3 fully saturated rings. The zero-order valence-electron chi connectivity index (χ0n) is 77.5. The molecule has 0 bridgehead atoms. The molecule has 48 nitrogen and oxygen atoms in total. The number of hydrogen-bond donors (Lipinski definition) is 24. The van der Waals surface area contributed by atoms with Crippen molar-refractivity contribution in [3.05, 3.63) is 59.7 Å². The predicted octanol–water partition coefficient (Wildman–Crippen LogP) is -6.62. The Morgan fingerprint density at radius 1 is 0.409 bits per heavy atom. The van der Waals surface area contributed by atoms with E-state index in [-0.39, 0.29) is 112 Å². The summed E-state index contributed by atoms with van der Waals surface area (Å²) < 4.78 is 0. The molecule has 32 N–H and O–H groups in total. The Labute approximate surface area is 806 Å². The van der Waals surface area contributed by atoms with Gasteiger partial charge in [-0.15, -0.1) is 0 Å². The minimum Gasteiger partial charge on any atom is -0.508 e. The number of nitrogens with two attached hydrogens (primary N) is 8. The largest absolute Gasteiger partial charge is 0.508 e. The molecule has 5 unspecified atom stereocenters. The van der Waals surface area contributed by atoms with Crippen LogP contribution in [-0.4, -0.2) is 289 Å². The maximum atomic E-state index is 15.6. The molecule has 3 aliphatic heterocycles. The van der Waals surface area contributed by atoms with Crippen molar-refractivity contribution in [2.24, 2.45) is 69.5 Å². The van der Waals surface area contributed by atoms with Gasteiger partial charge in [-0.1, -0.05) is 136 Å². The molecule has 0 aromatic heterocycles. The Hall–Kier alpha value is -12.3. The third-order valence-corrected chi connectivity index (χ3v) is 27.3. The molecule has 2 aromatic rings. The lowest BCUT2D eigenvalue weighted by Crippen LogP contribution is -2.61. The molecule has 3 saturated heterocycles. The van der Waals surface area contributed by atoms with Crippen molar-refractivity contribution in [3.63, 3.8) is 0 Å². The molecular formula is C85H130N24O24S4. The monoisotopic (exact) mass is 2000 g/mol. The van der Waals surface area contributed by atoms with E-state index in [9.17, 15) is 96.5 Å². The van der Waals surface area contributed by atoms with Gasteiger partial charge in [-0.2, -0.15) is 0 Å². The van der Waals surface area contributed by atoms with Crippen LogP contribution in [0, 0.1) is 23.7 Å². The van der Waals surface area contributed by atoms with Crippen LogP contribution >= 0.6 is 43.2 Å². The van der Waals surface area contributed by atoms with E-state index in [2.05, 4.69) is 69.1 Å². The van der Waals surface area contributed by atoms with E-state index >= 15 is 19.2 Å². The van der Waals surface area contributed by atoms with Crippen LogP contribution in [-0.2, 0) is 114 Å². The maximum Gasteiger partial charge on any atom is 0.318 e. The number of urea groups is 1. The quantitative estimate of drug-likeness (QED) is 0.0303. The van der Waals surface area contributed by atoms with Crippen LogP contribution in [0.3, 0.4) is 0 Å². The number of nitrogens with zero attached hydrogens (tertiary/aromatic N) is 2. The minimum absolute atomic E-state index is 0.000765. The normalized spacial score (nSPS) is 24.4. The van der Waals surface area contributed by atoms with Crippen molar-refractivity contribution in [2.45, 2.75) is 255 Å². The molecular weight excluding hydrogens is 1870 g/mol. The topological polar surface area (TPSA) is 799 Å². The standard InChI is InChI=1S/C85H130N24O24S4/c1-9-42(7)67-81(129)95-50(23-25-62(88)112)72(120)99-56(33-64(90)114)74(122)103-58(83(131)108-27-11-13-60(108)79(127)101-52(29-40(3)4)71(119)94-35-66(92)116)38-136-137-39-59(84(132)109-28-12-14-61(109)80(128)102-53(30-41(5)6)78(126)107-85(93)133)104-75(123)57(34-65(91)115)100-73(121)51(24-26-63(89)113)96-82(130)68(43(8)10-2)106-77(125)55(32-45-17-21-47(111)22-18-45)98-70(118)49(87)37-135-134-36-48(86)69(117)97-54(76(124)105-67)31-44-15-19-46(110)20-16-44/h15-22,40-43,48-61,67-68,110-111H,9-14,23-39,86-87H2,1-8H3,(H2,88,112)(H2,89,113)(H2,90,114)(H2,91,115)(H2,92,116)(H,94,119)(H,95,129)(H,96,130)(H,97,117)(H,98,118)(H,99,120)(H,100,121)(H,101,127)(H,102,128)(H,103,122)(H,104,123)(H,105,124)(H,106,125)(H3,93,107,126,133)/t42-,43-,48-,49-,50?,51?,52-,53-,54-,55?,56-,57-,58?,59?,60-,61-,67-,68-/m0/s1. The van der Waals surface area contributed by atoms with Crippen molar-refractivity contribution in [3.8, 4) is 11.5 Å². The molecule has 52 heteroatoms. The maximum absolute atomic E-state index is 15.6. The van der Waals surface area contributed by atoms with Crippen LogP contribution in [0.4, 0.5) is 4.79 Å². The highest BCUT2D eigenvalue weighted by molar-refractivity contribution is 8.77. The summed E-state index contributed by atoms with van der Waals surface area (Å²) in [6, 6.07) is -16.9. The first-order valence-electron chi connectivity index (χ1n) is 44.6. The number of imide groups is 1. The van der Waals surface area contributed by atoms with Crippen LogP contribution in [0.2, 0.25) is 0 Å². The number of carbonyl (C=O) groups excluding carboxylic acids is 22. The molecule has 18 atom stereocenters. The Bertz CT molecular complexity index is 4540. The molecule has 0 radical (unpaired) electrons. The van der Waals surface area contributed by atoms with Crippen molar-refractivity contribution in [2.75, 3.05) is 42.6 Å². The third kappa shape index (κ3) is 39.0. The summed E-state index contributed by atoms with van der Waals surface area (Å²) in [6.45, 7) is 12.1. The highest BCUT2D eigenvalue weighted by Gasteiger charge is 2.45. The van der Waals surface area contributed by atoms with Gasteiger partial charge in [-0.25, -0.2) is 4.79 Å². The van der Waals surface area contributed by atoms with Gasteiger partial charge >= 0.3 is 6.03 Å². The summed E-state index contributed by atoms with van der Waals surface area (Å²) in [5.41, 5.74) is 46.9. The van der Waals surface area contributed by atoms with Crippen molar-refractivity contribution >= 4 is 173 Å². The molecule has 137 heavy (non-hydrogen) atoms. The predicted molar refractivity (Wildman–Crippen MR) is 504 cm³/mol. The van der Waals surface area contributed by atoms with E-state index in [0.29, 0.717) is 32.7 Å². The zero-order chi connectivity index (χ0) is 102. The van der Waals surface area contributed by atoms with Crippen LogP contribution in [0.1, 0.15) is 156 Å². The minimum atomic E-state index is -2.12. The first-order chi connectivity index (χ1) is 64.5. The smallest absolute Gasteiger partial charge is 0.318 e. The van der Waals surface area contributed by atoms with Crippen LogP contribution < -0.4 is 120 Å². The SMILES string of the molecule is CC[C@H](C)[C@@H]1NC(=O)C(Cc2ccc(O)cc2)NC(=O)[C@@H](N)CSSC[C@H](N)C(=O)N[C@@H](Cc2ccc(O)cc2)C(=O)N[C@@H]([C@@H](C)CC)C(=O)NC(CCC(N)=O)C(=O)N[C@@H](CC(N)=O)C(=O)NC(C(=O)N2CCC[C@H]2C(=O)N[C@@H](CC(C)C)C(=O)NCC(N)=O)CSSCC(C(=O)N2CCC[C@H]2C(=O)N[C@@H](CC(C)C)C(=O)NC(N)=O)NC(=O)[C@H](CC(N)=O)NC(=O)C(CCC(N)=O)NC1=O. The number of likely N-dealkylation sites (tertiary alicyclic amines) is 2. The summed E-state index contributed by atoms with van der Waals surface area (Å²) in [4.78, 5) is 312. The van der Waals surface area contributed by atoms with Gasteiger partial charge in [0.1, 0.15) is 96.1 Å². The number of carbonyl (C=O) groups is 22. The molecule has 0 aliphatic carbocycles. The van der Waals surface area contributed by atoms with Gasteiger partial charge in [0, 0.05) is 61.8 Å². The van der Waals surface area contributed by atoms with Crippen LogP contribution in [0.5, 0.6) is 11.5 Å². The van der Waals surface area contributed by atoms with Gasteiger partial charge in [0.2, 0.25) is 118 Å². The van der Waals surface area contributed by atoms with Crippen LogP contribution in [0.25, 0.3) is 0 Å². The van der Waals surface area contributed by atoms with E-state index in [4.69, 9.17) is 45.9 Å². The Balaban J connectivity index is 1.74. The molecule has 2 aromatic carbocycles. The second-order valence-electron chi connectivity index (χ2n) is 34.5. The van der Waals surface area contributed by atoms with Gasteiger partial charge < -0.3 is 135 Å². The molecule has 3 aliphatic rings. The number of primary amides is 6. The zero-order valence-corrected chi connectivity index (χ0v) is 80.7. The Morgan fingerprint density at radius 3 is 1.07 bits per heavy atom. The fraction of sp³-hybridized carbons (Fsp3) is 0.600. The highest BCUT2D eigenvalue weighted by Crippen LogP contribution is 2.30. The van der Waals surface area contributed by atoms with E-state index in [1.807, 2.05) is 5.32 Å². The Kier molecular flexibility index (Phi) is 48.0. The first kappa shape index (κ1) is 115. The summed E-state index contributed by atoms with van der Waals surface area (Å²) in [6.07, 6.45) is -5.03. The van der Waals surface area contributed by atoms with Crippen molar-refractivity contribution in [1.29, 1.82) is 0 Å². The number of phenols is 2. The number of amides is 23. The lowest BCUT2D eigenvalue weighted by molar-refractivity contribution is -0.142. The van der Waals surface area contributed by atoms with E-state index in [1.165, 1.54) is 55.5 Å². The number of rotatable bonds is 32. The average molecular weight is 2000 g/mol. The summed E-state index contributed by atoms with van der Waals surface area (Å²) >= 11 is 0. The van der Waals surface area contributed by atoms with Crippen molar-refractivity contribution in [1.82, 2.24) is 84.2 Å². The molecule has 0 spiro atoms. The van der Waals surface area contributed by atoms with Gasteiger partial charge in [0.15, 0.2) is 0 Å². The molecule has 5 rings (SSSR count). The molecule has 3 heterocycles. The fourth-order valence-electron chi connectivity index (χ4n) is 14.6. The second kappa shape index (κ2) is 57.0. The van der Waals surface area contributed by atoms with Gasteiger partial charge in [-0.05, 0) is 110 Å². The van der Waals surface area contributed by atoms with E-state index < -0.39 is 295 Å². The molecule has 758 valence electrons. The highest BCUT2D eigenvalue weighted by atomic mass is 33.1. The third-order valence-electron chi connectivity index (χ3n) is 22.4. The van der Waals surface area contributed by atoms with Crippen molar-refractivity contribution < 1.29 is 116 Å². The Morgan fingerprint density at radius 2 is 0.737 bits per heavy atom. The van der Waals surface area contributed by atoms with Gasteiger partial charge in [0.25, 0.3) is 5.91 Å². The van der Waals surface area contributed by atoms with E-state index in [1.54, 1.807) is 48.5 Å². The lowest BCUT2D eigenvalue weighted by Gasteiger charge is -2.31. The first-order valence-corrected chi connectivity index (χ1v) is 49.6. The van der Waals surface area contributed by atoms with E-state index in [0.717, 1.165) is 31.4 Å². The van der Waals surface area contributed by atoms with Gasteiger partial charge in [-0.3, -0.25) is 106 Å². The number of benzene rings is 2. The van der Waals surface area contributed by atoms with Crippen LogP contribution in [0.15, 0.2) is 48.5 Å². The lowest BCUT2D eigenvalue weighted by atomic mass is 9.96. The number of hydrogen-bond acceptors (Lipinski definition) is 30. The number of phenolic OH excluding ortho intramolecular Hbond substituents is 2. The summed E-state index contributed by atoms with van der Waals surface area (Å²) in [5, 5.41) is 55.0. The van der Waals surface area contributed by atoms with Gasteiger partial charge in [0.05, 0.1) is 31.5 Å². The molecule has 23 amide bonds. The molecule has 0 saturated carbocycles. The number of nitrogens with one attached hydrogen (secondary N) is 14. The average Bonchev–Trinajstić information content (AvgIpc) is 1.63. The number of aromatic hydroxyl groups is 2.